The molecule has 3 aromatic carbocycles. The van der Waals surface area contributed by atoms with Crippen molar-refractivity contribution in [2.45, 2.75) is 62.9 Å². The summed E-state index contributed by atoms with van der Waals surface area (Å²) in [6.07, 6.45) is 6.50. The van der Waals surface area contributed by atoms with Crippen molar-refractivity contribution in [3.05, 3.63) is 76.7 Å². The maximum Gasteiger partial charge on any atom is 0.263 e. The fraction of sp³-hybridized carbons (Fsp3) is 0.310. The predicted octanol–water partition coefficient (Wildman–Crippen LogP) is 6.44. The smallest absolute Gasteiger partial charge is 0.263 e. The Balaban J connectivity index is 1.45. The van der Waals surface area contributed by atoms with Gasteiger partial charge in [0.1, 0.15) is 10.7 Å². The van der Waals surface area contributed by atoms with Crippen LogP contribution in [0.25, 0.3) is 22.0 Å². The SMILES string of the molecule is CCc1cc(-c2cc(F)c(NS(=O)(=O)c3ccccc3Cl)cc2C)cc2cnc(NC3CCC(N)CC3)nc12. The number of aryl methyl sites for hydroxylation is 2. The van der Waals surface area contributed by atoms with E-state index in [1.165, 1.54) is 24.3 Å². The molecule has 0 bridgehead atoms. The summed E-state index contributed by atoms with van der Waals surface area (Å²) < 4.78 is 43.3. The van der Waals surface area contributed by atoms with Gasteiger partial charge in [0, 0.05) is 23.7 Å². The summed E-state index contributed by atoms with van der Waals surface area (Å²) in [5, 5.41) is 4.37. The molecule has 39 heavy (non-hydrogen) atoms. The molecule has 7 nitrogen and oxygen atoms in total. The predicted molar refractivity (Wildman–Crippen MR) is 155 cm³/mol. The van der Waals surface area contributed by atoms with Gasteiger partial charge in [-0.3, -0.25) is 4.72 Å². The average molecular weight is 568 g/mol. The second-order valence-electron chi connectivity index (χ2n) is 10.1. The molecule has 0 atom stereocenters. The maximum absolute atomic E-state index is 15.3. The number of halogens is 2. The summed E-state index contributed by atoms with van der Waals surface area (Å²) in [6, 6.07) is 13.4. The van der Waals surface area contributed by atoms with E-state index in [-0.39, 0.29) is 21.6 Å². The fourth-order valence-corrected chi connectivity index (χ4v) is 6.67. The molecule has 0 saturated heterocycles. The van der Waals surface area contributed by atoms with E-state index in [0.717, 1.165) is 54.1 Å². The molecule has 0 amide bonds. The molecule has 10 heteroatoms. The molecule has 1 aliphatic rings. The molecule has 1 saturated carbocycles. The van der Waals surface area contributed by atoms with E-state index in [4.69, 9.17) is 22.3 Å². The molecule has 0 unspecified atom stereocenters. The maximum atomic E-state index is 15.3. The van der Waals surface area contributed by atoms with Crippen LogP contribution in [0, 0.1) is 12.7 Å². The number of sulfonamides is 1. The second-order valence-corrected chi connectivity index (χ2v) is 12.1. The standard InChI is InChI=1S/C29H31ClFN5O2S/c1-3-18-13-19(14-20-16-33-29(35-28(18)20)34-22-10-8-21(32)9-11-22)23-15-25(31)26(12-17(23)2)36-39(37,38)27-7-5-4-6-24(27)30/h4-7,12-16,21-22,36H,3,8-11,32H2,1-2H3,(H,33,34,35). The molecule has 5 rings (SSSR count). The lowest BCUT2D eigenvalue weighted by atomic mass is 9.92. The largest absolute Gasteiger partial charge is 0.351 e. The highest BCUT2D eigenvalue weighted by molar-refractivity contribution is 7.92. The van der Waals surface area contributed by atoms with Gasteiger partial charge in [-0.2, -0.15) is 0 Å². The normalized spacial score (nSPS) is 17.8. The molecule has 0 aliphatic heterocycles. The molecule has 204 valence electrons. The molecular weight excluding hydrogens is 537 g/mol. The van der Waals surface area contributed by atoms with E-state index >= 15 is 4.39 Å². The Labute approximate surface area is 233 Å². The Morgan fingerprint density at radius 1 is 1.10 bits per heavy atom. The van der Waals surface area contributed by atoms with Gasteiger partial charge in [-0.15, -0.1) is 0 Å². The van der Waals surface area contributed by atoms with Crippen LogP contribution in [0.1, 0.15) is 43.7 Å². The third kappa shape index (κ3) is 5.85. The zero-order chi connectivity index (χ0) is 27.7. The lowest BCUT2D eigenvalue weighted by Crippen LogP contribution is -2.33. The van der Waals surface area contributed by atoms with Crippen LogP contribution < -0.4 is 15.8 Å². The van der Waals surface area contributed by atoms with Crippen LogP contribution in [0.2, 0.25) is 5.02 Å². The van der Waals surface area contributed by atoms with Crippen molar-refractivity contribution in [2.75, 3.05) is 10.0 Å². The van der Waals surface area contributed by atoms with Gasteiger partial charge in [0.25, 0.3) is 10.0 Å². The number of nitrogens with one attached hydrogen (secondary N) is 2. The van der Waals surface area contributed by atoms with Crippen molar-refractivity contribution in [3.63, 3.8) is 0 Å². The Morgan fingerprint density at radius 3 is 2.56 bits per heavy atom. The molecule has 1 aliphatic carbocycles. The number of benzene rings is 3. The number of hydrogen-bond acceptors (Lipinski definition) is 6. The van der Waals surface area contributed by atoms with Crippen molar-refractivity contribution in [3.8, 4) is 11.1 Å². The van der Waals surface area contributed by atoms with Gasteiger partial charge in [-0.25, -0.2) is 22.8 Å². The monoisotopic (exact) mass is 567 g/mol. The van der Waals surface area contributed by atoms with E-state index in [2.05, 4.69) is 21.9 Å². The minimum atomic E-state index is -4.07. The zero-order valence-corrected chi connectivity index (χ0v) is 23.4. The number of hydrogen-bond donors (Lipinski definition) is 3. The van der Waals surface area contributed by atoms with Gasteiger partial charge in [0.05, 0.1) is 16.2 Å². The first-order valence-corrected chi connectivity index (χ1v) is 14.9. The first kappa shape index (κ1) is 27.3. The number of nitrogens with two attached hydrogens (primary N) is 1. The van der Waals surface area contributed by atoms with Crippen molar-refractivity contribution >= 4 is 44.2 Å². The summed E-state index contributed by atoms with van der Waals surface area (Å²) in [5.74, 6) is -0.0878. The summed E-state index contributed by atoms with van der Waals surface area (Å²) in [7, 11) is -4.07. The van der Waals surface area contributed by atoms with Crippen molar-refractivity contribution < 1.29 is 12.8 Å². The summed E-state index contributed by atoms with van der Waals surface area (Å²) in [6.45, 7) is 3.87. The number of rotatable bonds is 7. The minimum Gasteiger partial charge on any atom is -0.351 e. The van der Waals surface area contributed by atoms with Gasteiger partial charge >= 0.3 is 0 Å². The first-order valence-electron chi connectivity index (χ1n) is 13.0. The minimum absolute atomic E-state index is 0.0607. The lowest BCUT2D eigenvalue weighted by Gasteiger charge is -2.26. The molecule has 1 aromatic heterocycles. The van der Waals surface area contributed by atoms with Crippen molar-refractivity contribution in [1.82, 2.24) is 9.97 Å². The van der Waals surface area contributed by atoms with Crippen LogP contribution in [-0.4, -0.2) is 30.5 Å². The summed E-state index contributed by atoms with van der Waals surface area (Å²) >= 11 is 6.06. The highest BCUT2D eigenvalue weighted by atomic mass is 35.5. The zero-order valence-electron chi connectivity index (χ0n) is 21.8. The molecule has 0 spiro atoms. The van der Waals surface area contributed by atoms with E-state index in [1.807, 2.05) is 19.1 Å². The van der Waals surface area contributed by atoms with Crippen LogP contribution >= 0.6 is 11.6 Å². The first-order chi connectivity index (χ1) is 18.6. The Kier molecular flexibility index (Phi) is 7.75. The van der Waals surface area contributed by atoms with E-state index < -0.39 is 15.8 Å². The second kappa shape index (κ2) is 11.1. The topological polar surface area (TPSA) is 110 Å². The van der Waals surface area contributed by atoms with Crippen LogP contribution in [-0.2, 0) is 16.4 Å². The Hall–Kier alpha value is -3.27. The van der Waals surface area contributed by atoms with Gasteiger partial charge in [0.2, 0.25) is 5.95 Å². The molecule has 4 aromatic rings. The number of aromatic nitrogens is 2. The van der Waals surface area contributed by atoms with Gasteiger partial charge in [0.15, 0.2) is 0 Å². The molecule has 4 N–H and O–H groups in total. The van der Waals surface area contributed by atoms with Gasteiger partial charge in [-0.05, 0) is 97.7 Å². The quantitative estimate of drug-likeness (QED) is 0.237. The molecule has 0 radical (unpaired) electrons. The van der Waals surface area contributed by atoms with Crippen LogP contribution in [0.3, 0.4) is 0 Å². The number of nitrogens with zero attached hydrogens (tertiary/aromatic N) is 2. The summed E-state index contributed by atoms with van der Waals surface area (Å²) in [4.78, 5) is 9.24. The summed E-state index contributed by atoms with van der Waals surface area (Å²) in [5.41, 5.74) is 9.94. The Morgan fingerprint density at radius 2 is 1.85 bits per heavy atom. The van der Waals surface area contributed by atoms with Crippen LogP contribution in [0.4, 0.5) is 16.0 Å². The highest BCUT2D eigenvalue weighted by Crippen LogP contribution is 2.34. The molecule has 1 fully saturated rings. The lowest BCUT2D eigenvalue weighted by molar-refractivity contribution is 0.410. The fourth-order valence-electron chi connectivity index (χ4n) is 5.09. The van der Waals surface area contributed by atoms with Crippen molar-refractivity contribution in [1.29, 1.82) is 0 Å². The van der Waals surface area contributed by atoms with Crippen molar-refractivity contribution in [2.24, 2.45) is 5.73 Å². The van der Waals surface area contributed by atoms with E-state index in [9.17, 15) is 8.42 Å². The Bertz CT molecular complexity index is 1640. The highest BCUT2D eigenvalue weighted by Gasteiger charge is 2.22. The number of anilines is 2. The number of fused-ring (bicyclic) bond motifs is 1. The molecule has 1 heterocycles. The van der Waals surface area contributed by atoms with E-state index in [1.54, 1.807) is 18.3 Å². The van der Waals surface area contributed by atoms with Gasteiger partial charge in [-0.1, -0.05) is 30.7 Å². The van der Waals surface area contributed by atoms with Gasteiger partial charge < -0.3 is 11.1 Å². The van der Waals surface area contributed by atoms with Crippen LogP contribution in [0.5, 0.6) is 0 Å². The van der Waals surface area contributed by atoms with Crippen LogP contribution in [0.15, 0.2) is 59.6 Å². The molecular formula is C29H31ClFN5O2S. The van der Waals surface area contributed by atoms with E-state index in [0.29, 0.717) is 23.1 Å². The average Bonchev–Trinajstić information content (AvgIpc) is 2.91. The third-order valence-electron chi connectivity index (χ3n) is 7.24. The third-order valence-corrected chi connectivity index (χ3v) is 9.11.